The van der Waals surface area contributed by atoms with Gasteiger partial charge in [0.2, 0.25) is 0 Å². The fraction of sp³-hybridized carbons (Fsp3) is 0.143. The average molecular weight is 453 g/mol. The molecule has 4 aromatic rings. The van der Waals surface area contributed by atoms with Gasteiger partial charge in [-0.2, -0.15) is 0 Å². The molecule has 0 unspecified atom stereocenters. The van der Waals surface area contributed by atoms with Crippen LogP contribution in [0.3, 0.4) is 0 Å². The van der Waals surface area contributed by atoms with Crippen LogP contribution in [0.15, 0.2) is 121 Å². The van der Waals surface area contributed by atoms with Gasteiger partial charge in [0.05, 0.1) is 0 Å². The molecule has 4 nitrogen and oxygen atoms in total. The topological polar surface area (TPSA) is 13.0 Å². The van der Waals surface area contributed by atoms with Crippen molar-refractivity contribution in [2.24, 2.45) is 0 Å². The Morgan fingerprint density at radius 1 is 0.333 bits per heavy atom. The van der Waals surface area contributed by atoms with Gasteiger partial charge < -0.3 is 18.3 Å². The van der Waals surface area contributed by atoms with Crippen LogP contribution in [0.5, 0.6) is 0 Å². The highest BCUT2D eigenvalue weighted by Gasteiger charge is 2.55. The van der Waals surface area contributed by atoms with E-state index in [-0.39, 0.29) is 0 Å². The van der Waals surface area contributed by atoms with Crippen molar-refractivity contribution in [3.05, 3.63) is 121 Å². The fourth-order valence-electron chi connectivity index (χ4n) is 4.65. The molecular weight excluding hydrogens is 420 g/mol. The monoisotopic (exact) mass is 452 g/mol. The van der Waals surface area contributed by atoms with E-state index in [4.69, 9.17) is 0 Å². The van der Waals surface area contributed by atoms with E-state index in [0.29, 0.717) is 0 Å². The lowest BCUT2D eigenvalue weighted by molar-refractivity contribution is 0.995. The van der Waals surface area contributed by atoms with E-state index in [9.17, 15) is 0 Å². The summed E-state index contributed by atoms with van der Waals surface area (Å²) in [4.78, 5) is 0. The van der Waals surface area contributed by atoms with Crippen molar-refractivity contribution >= 4 is 31.5 Å². The molecule has 0 atom stereocenters. The first kappa shape index (κ1) is 22.5. The number of rotatable bonds is 8. The maximum absolute atomic E-state index is 2.84. The molecule has 0 aromatic heterocycles. The minimum atomic E-state index is -2.84. The van der Waals surface area contributed by atoms with Gasteiger partial charge in [-0.05, 0) is 48.5 Å². The highest BCUT2D eigenvalue weighted by Crippen LogP contribution is 2.35. The van der Waals surface area contributed by atoms with Gasteiger partial charge in [-0.15, -0.1) is 0 Å². The number of para-hydroxylation sites is 4. The Hall–Kier alpha value is -3.70. The minimum Gasteiger partial charge on any atom is -0.350 e. The van der Waals surface area contributed by atoms with Crippen LogP contribution < -0.4 is 18.3 Å². The predicted molar refractivity (Wildman–Crippen MR) is 145 cm³/mol. The molecule has 0 amide bonds. The lowest BCUT2D eigenvalue weighted by atomic mass is 10.3. The third-order valence-electron chi connectivity index (χ3n) is 6.37. The molecule has 33 heavy (non-hydrogen) atoms. The second-order valence-electron chi connectivity index (χ2n) is 8.18. The lowest BCUT2D eigenvalue weighted by Gasteiger charge is -2.55. The molecule has 5 heteroatoms. The third-order valence-corrected chi connectivity index (χ3v) is 11.0. The molecule has 0 heterocycles. The normalized spacial score (nSPS) is 11.0. The Morgan fingerprint density at radius 2 is 0.515 bits per heavy atom. The number of hydrogen-bond acceptors (Lipinski definition) is 4. The summed E-state index contributed by atoms with van der Waals surface area (Å²) in [5.41, 5.74) is 4.71. The quantitative estimate of drug-likeness (QED) is 0.305. The van der Waals surface area contributed by atoms with E-state index in [1.54, 1.807) is 0 Å². The largest absolute Gasteiger partial charge is 0.502 e. The van der Waals surface area contributed by atoms with Gasteiger partial charge in [-0.1, -0.05) is 72.8 Å². The predicted octanol–water partition coefficient (Wildman–Crippen LogP) is 5.97. The number of benzene rings is 4. The van der Waals surface area contributed by atoms with Crippen LogP contribution in [0.2, 0.25) is 0 Å². The maximum atomic E-state index is 2.47. The minimum absolute atomic E-state index is 1.18. The highest BCUT2D eigenvalue weighted by atomic mass is 28.4. The van der Waals surface area contributed by atoms with Crippen molar-refractivity contribution in [3.63, 3.8) is 0 Å². The van der Waals surface area contributed by atoms with Gasteiger partial charge in [-0.3, -0.25) is 0 Å². The molecule has 0 saturated heterocycles. The van der Waals surface area contributed by atoms with Crippen molar-refractivity contribution in [3.8, 4) is 0 Å². The standard InChI is InChI=1S/C28H32N4Si/c1-29(25-17-9-5-10-18-25)33(30(2)26-19-11-6-12-20-26,31(3)27-21-13-7-14-22-27)32(4)28-23-15-8-16-24-28/h5-24H,1-4H3. The molecule has 0 N–H and O–H groups in total. The molecule has 0 bridgehead atoms. The average Bonchev–Trinajstić information content (AvgIpc) is 2.90. The van der Waals surface area contributed by atoms with Gasteiger partial charge in [0, 0.05) is 50.9 Å². The van der Waals surface area contributed by atoms with Crippen LogP contribution >= 0.6 is 0 Å². The van der Waals surface area contributed by atoms with E-state index < -0.39 is 8.72 Å². The van der Waals surface area contributed by atoms with Crippen LogP contribution in [0, 0.1) is 0 Å². The van der Waals surface area contributed by atoms with Gasteiger partial charge in [0.1, 0.15) is 0 Å². The Morgan fingerprint density at radius 3 is 0.697 bits per heavy atom. The summed E-state index contributed by atoms with van der Waals surface area (Å²) in [5.74, 6) is 0. The van der Waals surface area contributed by atoms with E-state index in [0.717, 1.165) is 0 Å². The second kappa shape index (κ2) is 9.84. The zero-order chi connectivity index (χ0) is 23.3. The molecule has 0 saturated carbocycles. The van der Waals surface area contributed by atoms with Crippen LogP contribution in [-0.2, 0) is 0 Å². The molecule has 0 aliphatic rings. The van der Waals surface area contributed by atoms with E-state index in [1.807, 2.05) is 0 Å². The Kier molecular flexibility index (Phi) is 6.70. The Bertz CT molecular complexity index is 936. The number of anilines is 4. The molecule has 0 aliphatic carbocycles. The molecule has 0 radical (unpaired) electrons. The van der Waals surface area contributed by atoms with Crippen molar-refractivity contribution in [2.75, 3.05) is 46.5 Å². The summed E-state index contributed by atoms with van der Waals surface area (Å²) < 4.78 is 9.89. The molecule has 168 valence electrons. The summed E-state index contributed by atoms with van der Waals surface area (Å²) in [7, 11) is 6.05. The Labute approximate surface area is 199 Å². The maximum Gasteiger partial charge on any atom is 0.502 e. The first-order valence-corrected chi connectivity index (χ1v) is 13.0. The van der Waals surface area contributed by atoms with Crippen molar-refractivity contribution in [1.29, 1.82) is 0 Å². The lowest BCUT2D eigenvalue weighted by Crippen LogP contribution is -2.82. The summed E-state index contributed by atoms with van der Waals surface area (Å²) >= 11 is 0. The number of nitrogens with zero attached hydrogens (tertiary/aromatic N) is 4. The van der Waals surface area contributed by atoms with Crippen LogP contribution in [0.25, 0.3) is 0 Å². The fourth-order valence-corrected chi connectivity index (χ4v) is 9.33. The van der Waals surface area contributed by atoms with Crippen LogP contribution in [-0.4, -0.2) is 36.9 Å². The zero-order valence-electron chi connectivity index (χ0n) is 19.8. The molecule has 0 spiro atoms. The first-order chi connectivity index (χ1) is 16.1. The van der Waals surface area contributed by atoms with Crippen molar-refractivity contribution in [2.45, 2.75) is 0 Å². The summed E-state index contributed by atoms with van der Waals surface area (Å²) in [6, 6.07) is 42.7. The van der Waals surface area contributed by atoms with E-state index >= 15 is 0 Å². The van der Waals surface area contributed by atoms with Gasteiger partial charge in [0.15, 0.2) is 0 Å². The molecule has 4 aromatic carbocycles. The summed E-state index contributed by atoms with van der Waals surface area (Å²) in [6.45, 7) is 0. The molecule has 0 fully saturated rings. The van der Waals surface area contributed by atoms with Gasteiger partial charge in [-0.25, -0.2) is 0 Å². The van der Waals surface area contributed by atoms with Gasteiger partial charge >= 0.3 is 8.72 Å². The van der Waals surface area contributed by atoms with Crippen LogP contribution in [0.1, 0.15) is 0 Å². The smallest absolute Gasteiger partial charge is 0.350 e. The van der Waals surface area contributed by atoms with Crippen LogP contribution in [0.4, 0.5) is 22.7 Å². The van der Waals surface area contributed by atoms with E-state index in [2.05, 4.69) is 168 Å². The molecule has 0 aliphatic heterocycles. The molecule has 4 rings (SSSR count). The third kappa shape index (κ3) is 4.20. The van der Waals surface area contributed by atoms with E-state index in [1.165, 1.54) is 22.7 Å². The highest BCUT2D eigenvalue weighted by molar-refractivity contribution is 6.92. The van der Waals surface area contributed by atoms with Gasteiger partial charge in [0.25, 0.3) is 0 Å². The van der Waals surface area contributed by atoms with Crippen molar-refractivity contribution < 1.29 is 0 Å². The SMILES string of the molecule is CN(c1ccccc1)[Si](N(C)c1ccccc1)(N(C)c1ccccc1)N(C)c1ccccc1. The Balaban J connectivity index is 1.99. The summed E-state index contributed by atoms with van der Waals surface area (Å²) in [6.07, 6.45) is 0. The number of hydrogen-bond donors (Lipinski definition) is 0. The summed E-state index contributed by atoms with van der Waals surface area (Å²) in [5, 5.41) is 0. The second-order valence-corrected chi connectivity index (χ2v) is 12.1. The zero-order valence-corrected chi connectivity index (χ0v) is 20.8. The molecular formula is C28H32N4Si. The first-order valence-electron chi connectivity index (χ1n) is 11.2. The van der Waals surface area contributed by atoms with Crippen molar-refractivity contribution in [1.82, 2.24) is 0 Å².